The lowest BCUT2D eigenvalue weighted by molar-refractivity contribution is -0.140. The quantitative estimate of drug-likeness (QED) is 0.168. The van der Waals surface area contributed by atoms with Crippen LogP contribution in [0.2, 0.25) is 0 Å². The number of carbonyl (C=O) groups is 1. The fourth-order valence-corrected chi connectivity index (χ4v) is 4.90. The second-order valence-corrected chi connectivity index (χ2v) is 10.6. The first-order valence-electron chi connectivity index (χ1n) is 13.1. The molecule has 0 atom stereocenters. The van der Waals surface area contributed by atoms with Crippen LogP contribution in [0.15, 0.2) is 84.2 Å². The Morgan fingerprint density at radius 3 is 2.29 bits per heavy atom. The molecule has 0 radical (unpaired) electrons. The van der Waals surface area contributed by atoms with Crippen LogP contribution >= 0.6 is 11.3 Å². The molecule has 0 aliphatic carbocycles. The third-order valence-electron chi connectivity index (χ3n) is 6.38. The summed E-state index contributed by atoms with van der Waals surface area (Å²) in [5.74, 6) is 1.25. The van der Waals surface area contributed by atoms with Gasteiger partial charge in [0.25, 0.3) is 0 Å². The fourth-order valence-electron chi connectivity index (χ4n) is 4.04. The van der Waals surface area contributed by atoms with E-state index in [0.717, 1.165) is 52.8 Å². The fraction of sp³-hybridized carbons (Fsp3) is 0.312. The summed E-state index contributed by atoms with van der Waals surface area (Å²) in [6.07, 6.45) is 2.17. The van der Waals surface area contributed by atoms with Crippen molar-refractivity contribution in [2.45, 2.75) is 46.3 Å². The minimum absolute atomic E-state index is 0.194. The number of esters is 1. The minimum atomic E-state index is -0.194. The molecule has 0 aliphatic heterocycles. The van der Waals surface area contributed by atoms with Crippen LogP contribution < -0.4 is 9.64 Å². The standard InChI is InChI=1S/C32H36N2O3S/c1-24(2)19-20-34(32-33-30(23-38-32)28-7-5-4-6-8-28)21-26-9-11-27(12-10-26)22-37-29-16-13-25(14-17-29)15-18-31(35)36-3/h4-14,16-17,23-24H,15,18-22H2,1-3H3. The lowest BCUT2D eigenvalue weighted by Gasteiger charge is -2.23. The van der Waals surface area contributed by atoms with E-state index < -0.39 is 0 Å². The number of ether oxygens (including phenoxy) is 2. The maximum absolute atomic E-state index is 11.3. The molecule has 5 nitrogen and oxygen atoms in total. The van der Waals surface area contributed by atoms with Gasteiger partial charge in [-0.1, -0.05) is 80.6 Å². The molecule has 4 aromatic rings. The summed E-state index contributed by atoms with van der Waals surface area (Å²) in [6.45, 7) is 6.83. The molecule has 38 heavy (non-hydrogen) atoms. The van der Waals surface area contributed by atoms with Gasteiger partial charge in [-0.05, 0) is 47.6 Å². The summed E-state index contributed by atoms with van der Waals surface area (Å²) < 4.78 is 10.7. The molecule has 1 aromatic heterocycles. The number of aromatic nitrogens is 1. The predicted octanol–water partition coefficient (Wildman–Crippen LogP) is 7.55. The van der Waals surface area contributed by atoms with E-state index in [1.807, 2.05) is 30.3 Å². The van der Waals surface area contributed by atoms with Crippen molar-refractivity contribution in [2.24, 2.45) is 5.92 Å². The van der Waals surface area contributed by atoms with Crippen molar-refractivity contribution in [3.05, 3.63) is 101 Å². The van der Waals surface area contributed by atoms with Crippen LogP contribution in [-0.4, -0.2) is 24.6 Å². The van der Waals surface area contributed by atoms with Crippen molar-refractivity contribution in [1.29, 1.82) is 0 Å². The van der Waals surface area contributed by atoms with E-state index in [-0.39, 0.29) is 5.97 Å². The summed E-state index contributed by atoms with van der Waals surface area (Å²) in [7, 11) is 1.41. The number of aryl methyl sites for hydroxylation is 1. The second kappa shape index (κ2) is 13.8. The van der Waals surface area contributed by atoms with Crippen LogP contribution in [0.4, 0.5) is 5.13 Å². The number of anilines is 1. The Morgan fingerprint density at radius 2 is 1.61 bits per heavy atom. The monoisotopic (exact) mass is 528 g/mol. The first kappa shape index (κ1) is 27.4. The predicted molar refractivity (Wildman–Crippen MR) is 156 cm³/mol. The maximum atomic E-state index is 11.3. The summed E-state index contributed by atoms with van der Waals surface area (Å²) in [5, 5.41) is 3.21. The molecule has 0 spiro atoms. The van der Waals surface area contributed by atoms with Crippen molar-refractivity contribution in [3.8, 4) is 17.0 Å². The van der Waals surface area contributed by atoms with Gasteiger partial charge in [0.05, 0.1) is 12.8 Å². The molecular formula is C32H36N2O3S. The molecule has 0 fully saturated rings. The zero-order valence-corrected chi connectivity index (χ0v) is 23.2. The van der Waals surface area contributed by atoms with E-state index in [0.29, 0.717) is 25.4 Å². The molecule has 0 unspecified atom stereocenters. The summed E-state index contributed by atoms with van der Waals surface area (Å²) in [5.41, 5.74) is 5.65. The van der Waals surface area contributed by atoms with Gasteiger partial charge in [-0.2, -0.15) is 0 Å². The molecule has 198 valence electrons. The van der Waals surface area contributed by atoms with Gasteiger partial charge < -0.3 is 14.4 Å². The van der Waals surface area contributed by atoms with E-state index in [1.54, 1.807) is 11.3 Å². The van der Waals surface area contributed by atoms with Gasteiger partial charge in [-0.3, -0.25) is 4.79 Å². The van der Waals surface area contributed by atoms with E-state index >= 15 is 0 Å². The maximum Gasteiger partial charge on any atom is 0.305 e. The van der Waals surface area contributed by atoms with Crippen molar-refractivity contribution < 1.29 is 14.3 Å². The highest BCUT2D eigenvalue weighted by Crippen LogP contribution is 2.29. The average molecular weight is 529 g/mol. The van der Waals surface area contributed by atoms with Gasteiger partial charge in [0, 0.05) is 30.5 Å². The van der Waals surface area contributed by atoms with Gasteiger partial charge in [0.2, 0.25) is 0 Å². The Balaban J connectivity index is 1.35. The Labute approximate surface area is 230 Å². The number of methoxy groups -OCH3 is 1. The lowest BCUT2D eigenvalue weighted by Crippen LogP contribution is -2.24. The van der Waals surface area contributed by atoms with Gasteiger partial charge >= 0.3 is 5.97 Å². The van der Waals surface area contributed by atoms with Crippen LogP contribution in [0.5, 0.6) is 5.75 Å². The molecule has 6 heteroatoms. The molecule has 3 aromatic carbocycles. The van der Waals surface area contributed by atoms with Crippen molar-refractivity contribution in [1.82, 2.24) is 4.98 Å². The normalized spacial score (nSPS) is 10.9. The number of rotatable bonds is 13. The largest absolute Gasteiger partial charge is 0.489 e. The number of hydrogen-bond acceptors (Lipinski definition) is 6. The van der Waals surface area contributed by atoms with Gasteiger partial charge in [0.1, 0.15) is 12.4 Å². The van der Waals surface area contributed by atoms with Crippen molar-refractivity contribution in [3.63, 3.8) is 0 Å². The van der Waals surface area contributed by atoms with Crippen LogP contribution in [0.1, 0.15) is 43.4 Å². The van der Waals surface area contributed by atoms with Gasteiger partial charge in [0.15, 0.2) is 5.13 Å². The van der Waals surface area contributed by atoms with Crippen LogP contribution in [0, 0.1) is 5.92 Å². The third kappa shape index (κ3) is 8.18. The Kier molecular flexibility index (Phi) is 9.93. The highest BCUT2D eigenvalue weighted by Gasteiger charge is 2.14. The highest BCUT2D eigenvalue weighted by molar-refractivity contribution is 7.14. The SMILES string of the molecule is COC(=O)CCc1ccc(OCc2ccc(CN(CCC(C)C)c3nc(-c4ccccc4)cs3)cc2)cc1. The lowest BCUT2D eigenvalue weighted by atomic mass is 10.1. The van der Waals surface area contributed by atoms with Crippen molar-refractivity contribution >= 4 is 22.4 Å². The van der Waals surface area contributed by atoms with E-state index in [4.69, 9.17) is 14.5 Å². The molecule has 0 amide bonds. The van der Waals surface area contributed by atoms with Gasteiger partial charge in [-0.15, -0.1) is 11.3 Å². The second-order valence-electron chi connectivity index (χ2n) is 9.81. The molecule has 0 bridgehead atoms. The summed E-state index contributed by atoms with van der Waals surface area (Å²) in [4.78, 5) is 18.7. The first-order chi connectivity index (χ1) is 18.5. The topological polar surface area (TPSA) is 51.7 Å². The van der Waals surface area contributed by atoms with Gasteiger partial charge in [-0.25, -0.2) is 4.98 Å². The van der Waals surface area contributed by atoms with E-state index in [9.17, 15) is 4.79 Å². The number of thiazole rings is 1. The molecule has 1 heterocycles. The molecular weight excluding hydrogens is 492 g/mol. The number of hydrogen-bond donors (Lipinski definition) is 0. The number of carbonyl (C=O) groups excluding carboxylic acids is 1. The molecule has 0 aliphatic rings. The number of benzene rings is 3. The molecule has 0 saturated carbocycles. The number of nitrogens with zero attached hydrogens (tertiary/aromatic N) is 2. The smallest absolute Gasteiger partial charge is 0.305 e. The van der Waals surface area contributed by atoms with Crippen molar-refractivity contribution in [2.75, 3.05) is 18.6 Å². The van der Waals surface area contributed by atoms with Crippen LogP contribution in [-0.2, 0) is 29.1 Å². The third-order valence-corrected chi connectivity index (χ3v) is 7.28. The first-order valence-corrected chi connectivity index (χ1v) is 14.0. The molecule has 0 N–H and O–H groups in total. The highest BCUT2D eigenvalue weighted by atomic mass is 32.1. The zero-order valence-electron chi connectivity index (χ0n) is 22.4. The summed E-state index contributed by atoms with van der Waals surface area (Å²) in [6, 6.07) is 26.9. The Bertz CT molecular complexity index is 1270. The van der Waals surface area contributed by atoms with Crippen LogP contribution in [0.25, 0.3) is 11.3 Å². The zero-order chi connectivity index (χ0) is 26.7. The Hall–Kier alpha value is -3.64. The summed E-state index contributed by atoms with van der Waals surface area (Å²) >= 11 is 1.71. The minimum Gasteiger partial charge on any atom is -0.489 e. The van der Waals surface area contributed by atoms with E-state index in [2.05, 4.69) is 72.7 Å². The Morgan fingerprint density at radius 1 is 0.921 bits per heavy atom. The average Bonchev–Trinajstić information content (AvgIpc) is 3.45. The molecule has 0 saturated heterocycles. The van der Waals surface area contributed by atoms with Crippen LogP contribution in [0.3, 0.4) is 0 Å². The molecule has 4 rings (SSSR count). The van der Waals surface area contributed by atoms with E-state index in [1.165, 1.54) is 12.7 Å².